The van der Waals surface area contributed by atoms with Crippen LogP contribution in [-0.2, 0) is 7.05 Å². The van der Waals surface area contributed by atoms with Gasteiger partial charge in [0.1, 0.15) is 5.75 Å². The van der Waals surface area contributed by atoms with Gasteiger partial charge in [0.15, 0.2) is 0 Å². The van der Waals surface area contributed by atoms with Crippen molar-refractivity contribution in [1.82, 2.24) is 3.96 Å². The third kappa shape index (κ3) is 5.50. The fourth-order valence-electron chi connectivity index (χ4n) is 0.976. The van der Waals surface area contributed by atoms with Gasteiger partial charge in [-0.15, -0.1) is 0 Å². The third-order valence-electron chi connectivity index (χ3n) is 1.83. The number of aromatic hydroxyl groups is 1. The van der Waals surface area contributed by atoms with Crippen LogP contribution in [0.3, 0.4) is 0 Å². The van der Waals surface area contributed by atoms with Crippen LogP contribution >= 0.6 is 11.5 Å². The molecule has 7 heteroatoms. The van der Waals surface area contributed by atoms with E-state index in [4.69, 9.17) is 10.2 Å². The molecule has 0 spiro atoms. The number of phenolic OH excluding ortho intramolecular Hbond substituents is 1. The van der Waals surface area contributed by atoms with Crippen LogP contribution in [0.25, 0.3) is 0 Å². The molecule has 5 nitrogen and oxygen atoms in total. The van der Waals surface area contributed by atoms with Crippen LogP contribution in [0.5, 0.6) is 5.75 Å². The van der Waals surface area contributed by atoms with Crippen LogP contribution in [-0.4, -0.2) is 20.1 Å². The minimum Gasteiger partial charge on any atom is -1.00 e. The second-order valence-electron chi connectivity index (χ2n) is 3.10. The summed E-state index contributed by atoms with van der Waals surface area (Å²) in [7, 11) is 1.74. The van der Waals surface area contributed by atoms with Gasteiger partial charge < -0.3 is 11.6 Å². The molecule has 0 aliphatic heterocycles. The van der Waals surface area contributed by atoms with E-state index in [1.807, 2.05) is 0 Å². The van der Waals surface area contributed by atoms with Gasteiger partial charge in [-0.2, -0.15) is 0 Å². The fourth-order valence-corrected chi connectivity index (χ4v) is 1.50. The van der Waals surface area contributed by atoms with Gasteiger partial charge in [0.05, 0.1) is 5.56 Å². The zero-order valence-electron chi connectivity index (χ0n) is 11.0. The third-order valence-corrected chi connectivity index (χ3v) is 2.59. The maximum atomic E-state index is 10.4. The zero-order chi connectivity index (χ0) is 12.8. The zero-order valence-corrected chi connectivity index (χ0v) is 12.8. The first kappa shape index (κ1) is 16.9. The van der Waals surface area contributed by atoms with Gasteiger partial charge in [-0.1, -0.05) is 17.6 Å². The van der Waals surface area contributed by atoms with Crippen LogP contribution in [0, 0.1) is 0 Å². The maximum absolute atomic E-state index is 10.4. The number of carboxylic acid groups (broad SMARTS) is 1. The van der Waals surface area contributed by atoms with Crippen molar-refractivity contribution in [3.63, 3.8) is 0 Å². The van der Waals surface area contributed by atoms with E-state index in [1.54, 1.807) is 22.5 Å². The summed E-state index contributed by atoms with van der Waals surface area (Å²) in [6.07, 6.45) is 0. The normalized spacial score (nSPS) is 8.72. The summed E-state index contributed by atoms with van der Waals surface area (Å²) < 4.78 is 1.57. The molecular formula is C11H12NNaO4S. The van der Waals surface area contributed by atoms with Crippen molar-refractivity contribution in [2.75, 3.05) is 0 Å². The molecule has 92 valence electrons. The fraction of sp³-hybridized carbons (Fsp3) is 0.0909. The van der Waals surface area contributed by atoms with Gasteiger partial charge in [0, 0.05) is 18.5 Å². The molecule has 1 heterocycles. The van der Waals surface area contributed by atoms with Gasteiger partial charge in [-0.05, 0) is 18.2 Å². The number of rotatable bonds is 1. The minimum atomic E-state index is -1.03. The first-order valence-corrected chi connectivity index (χ1v) is 5.47. The van der Waals surface area contributed by atoms with Crippen LogP contribution < -0.4 is 35.1 Å². The number of aromatic nitrogens is 1. The molecular weight excluding hydrogens is 265 g/mol. The van der Waals surface area contributed by atoms with E-state index < -0.39 is 5.97 Å². The van der Waals surface area contributed by atoms with E-state index in [1.165, 1.54) is 35.8 Å². The van der Waals surface area contributed by atoms with Crippen molar-refractivity contribution >= 4 is 17.5 Å². The standard InChI is InChI=1S/C7H6O3.C4H5NOS.Na.H/c8-6-3-1-2-5(4-6)7(9)10;1-5-4(6)2-3-7-5;;/h1-4,8H,(H,9,10);2-3H,1H3;;/q;;+1;-1. The predicted octanol–water partition coefficient (Wildman–Crippen LogP) is -1.35. The second-order valence-corrected chi connectivity index (χ2v) is 4.13. The number of aromatic carboxylic acids is 1. The second kappa shape index (κ2) is 8.10. The Morgan fingerprint density at radius 1 is 1.39 bits per heavy atom. The van der Waals surface area contributed by atoms with Crippen molar-refractivity contribution in [3.8, 4) is 5.75 Å². The average molecular weight is 277 g/mol. The number of phenols is 1. The molecule has 1 aromatic heterocycles. The smallest absolute Gasteiger partial charge is 1.00 e. The summed E-state index contributed by atoms with van der Waals surface area (Å²) in [6.45, 7) is 0. The van der Waals surface area contributed by atoms with E-state index >= 15 is 0 Å². The Morgan fingerprint density at radius 3 is 2.33 bits per heavy atom. The first-order chi connectivity index (χ1) is 8.00. The molecule has 0 radical (unpaired) electrons. The molecule has 2 N–H and O–H groups in total. The number of aryl methyl sites for hydroxylation is 1. The summed E-state index contributed by atoms with van der Waals surface area (Å²) in [5.41, 5.74) is 0.171. The van der Waals surface area contributed by atoms with Crippen LogP contribution in [0.15, 0.2) is 40.5 Å². The van der Waals surface area contributed by atoms with Gasteiger partial charge in [-0.25, -0.2) is 4.79 Å². The van der Waals surface area contributed by atoms with Crippen LogP contribution in [0.4, 0.5) is 0 Å². The summed E-state index contributed by atoms with van der Waals surface area (Å²) in [4.78, 5) is 20.6. The first-order valence-electron chi connectivity index (χ1n) is 4.64. The summed E-state index contributed by atoms with van der Waals surface area (Å²) >= 11 is 1.41. The Balaban J connectivity index is 0. The largest absolute Gasteiger partial charge is 1.00 e. The Labute approximate surface area is 131 Å². The topological polar surface area (TPSA) is 79.5 Å². The summed E-state index contributed by atoms with van der Waals surface area (Å²) in [5, 5.41) is 19.0. The van der Waals surface area contributed by atoms with Gasteiger partial charge >= 0.3 is 35.5 Å². The summed E-state index contributed by atoms with van der Waals surface area (Å²) in [5.74, 6) is -1.06. The SMILES string of the molecule is Cn1sccc1=O.O=C(O)c1cccc(O)c1.[H-].[Na+]. The number of benzene rings is 1. The molecule has 0 aliphatic carbocycles. The number of hydrogen-bond donors (Lipinski definition) is 2. The van der Waals surface area contributed by atoms with E-state index in [0.29, 0.717) is 0 Å². The number of carbonyl (C=O) groups is 1. The molecule has 2 aromatic rings. The quantitative estimate of drug-likeness (QED) is 0.632. The van der Waals surface area contributed by atoms with E-state index in [0.717, 1.165) is 0 Å². The molecule has 0 aliphatic rings. The molecule has 0 fully saturated rings. The molecule has 0 amide bonds. The maximum Gasteiger partial charge on any atom is 1.00 e. The number of hydrogen-bond acceptors (Lipinski definition) is 4. The van der Waals surface area contributed by atoms with Crippen molar-refractivity contribution < 1.29 is 46.0 Å². The van der Waals surface area contributed by atoms with Crippen LogP contribution in [0.1, 0.15) is 11.8 Å². The molecule has 0 atom stereocenters. The van der Waals surface area contributed by atoms with Crippen molar-refractivity contribution in [2.45, 2.75) is 0 Å². The number of carboxylic acids is 1. The van der Waals surface area contributed by atoms with E-state index in [-0.39, 0.29) is 47.9 Å². The minimum absolute atomic E-state index is 0. The molecule has 18 heavy (non-hydrogen) atoms. The Morgan fingerprint density at radius 2 is 2.06 bits per heavy atom. The summed E-state index contributed by atoms with van der Waals surface area (Å²) in [6, 6.07) is 7.07. The molecule has 0 saturated heterocycles. The van der Waals surface area contributed by atoms with E-state index in [9.17, 15) is 9.59 Å². The Kier molecular flexibility index (Phi) is 7.61. The Hall–Kier alpha value is -1.08. The van der Waals surface area contributed by atoms with Crippen molar-refractivity contribution in [1.29, 1.82) is 0 Å². The molecule has 2 rings (SSSR count). The Bertz CT molecular complexity index is 570. The van der Waals surface area contributed by atoms with Gasteiger partial charge in [-0.3, -0.25) is 8.75 Å². The number of nitrogens with zero attached hydrogens (tertiary/aromatic N) is 1. The molecule has 0 saturated carbocycles. The molecule has 1 aromatic carbocycles. The van der Waals surface area contributed by atoms with Gasteiger partial charge in [0.25, 0.3) is 5.56 Å². The van der Waals surface area contributed by atoms with E-state index in [2.05, 4.69) is 0 Å². The monoisotopic (exact) mass is 277 g/mol. The molecule has 0 unspecified atom stereocenters. The predicted molar refractivity (Wildman–Crippen MR) is 65.7 cm³/mol. The van der Waals surface area contributed by atoms with Crippen molar-refractivity contribution in [2.24, 2.45) is 7.05 Å². The average Bonchev–Trinajstić information content (AvgIpc) is 2.64. The van der Waals surface area contributed by atoms with Gasteiger partial charge in [0.2, 0.25) is 0 Å². The molecule has 0 bridgehead atoms. The van der Waals surface area contributed by atoms with Crippen molar-refractivity contribution in [3.05, 3.63) is 51.6 Å². The van der Waals surface area contributed by atoms with Crippen LogP contribution in [0.2, 0.25) is 0 Å².